The van der Waals surface area contributed by atoms with Crippen molar-refractivity contribution in [3.63, 3.8) is 0 Å². The molecule has 0 N–H and O–H groups in total. The largest absolute Gasteiger partial charge is 0.796 e. The number of allylic oxidation sites excluding steroid dienone is 2. The second kappa shape index (κ2) is 5.24. The molecule has 1 aromatic rings. The molecule has 0 unspecified atom stereocenters. The first-order valence-electron chi connectivity index (χ1n) is 4.17. The van der Waals surface area contributed by atoms with Gasteiger partial charge in [-0.05, 0) is 19.1 Å². The summed E-state index contributed by atoms with van der Waals surface area (Å²) < 4.78 is 27.5. The third kappa shape index (κ3) is 3.89. The van der Waals surface area contributed by atoms with Gasteiger partial charge in [0.05, 0.1) is 5.76 Å². The Balaban J connectivity index is 2.71. The van der Waals surface area contributed by atoms with Gasteiger partial charge in [0.15, 0.2) is 5.78 Å². The maximum absolute atomic E-state index is 11.8. The normalized spacial score (nSPS) is 11.0. The molecule has 0 saturated heterocycles. The molecule has 15 heavy (non-hydrogen) atoms. The number of carbonyl (C=O) groups excluding carboxylic acids is 1. The van der Waals surface area contributed by atoms with E-state index >= 15 is 0 Å². The molecule has 0 amide bonds. The monoisotopic (exact) mass is 211 g/mol. The van der Waals surface area contributed by atoms with E-state index < -0.39 is 13.3 Å². The lowest BCUT2D eigenvalue weighted by Crippen LogP contribution is -2.04. The number of aromatic nitrogens is 1. The van der Waals surface area contributed by atoms with Crippen molar-refractivity contribution in [1.82, 2.24) is 4.98 Å². The van der Waals surface area contributed by atoms with Crippen molar-refractivity contribution in [3.8, 4) is 0 Å². The minimum Gasteiger partial charge on any atom is -0.509 e. The summed E-state index contributed by atoms with van der Waals surface area (Å²) in [5, 5.41) is 0. The number of halogens is 2. The Morgan fingerprint density at radius 3 is 2.60 bits per heavy atom. The molecule has 0 spiro atoms. The van der Waals surface area contributed by atoms with Crippen LogP contribution in [0.2, 0.25) is 0 Å². The molecule has 3 nitrogen and oxygen atoms in total. The maximum Gasteiger partial charge on any atom is 0.796 e. The van der Waals surface area contributed by atoms with Gasteiger partial charge in [-0.1, -0.05) is 0 Å². The van der Waals surface area contributed by atoms with E-state index in [1.165, 1.54) is 31.5 Å². The summed E-state index contributed by atoms with van der Waals surface area (Å²) in [4.78, 5) is 15.1. The van der Waals surface area contributed by atoms with Gasteiger partial charge in [0.25, 0.3) is 0 Å². The van der Waals surface area contributed by atoms with E-state index in [-0.39, 0.29) is 5.76 Å². The van der Waals surface area contributed by atoms with Crippen molar-refractivity contribution >= 4 is 13.3 Å². The quantitative estimate of drug-likeness (QED) is 0.331. The average molecular weight is 211 g/mol. The Morgan fingerprint density at radius 1 is 1.47 bits per heavy atom. The van der Waals surface area contributed by atoms with Crippen LogP contribution in [0.25, 0.3) is 0 Å². The molecule has 0 aromatic carbocycles. The number of pyridine rings is 1. The fraction of sp³-hybridized carbons (Fsp3) is 0.111. The van der Waals surface area contributed by atoms with Gasteiger partial charge in [0.2, 0.25) is 0 Å². The van der Waals surface area contributed by atoms with Crippen LogP contribution in [0.3, 0.4) is 0 Å². The first-order chi connectivity index (χ1) is 7.09. The van der Waals surface area contributed by atoms with E-state index in [2.05, 4.69) is 9.64 Å². The Kier molecular flexibility index (Phi) is 3.97. The van der Waals surface area contributed by atoms with Crippen molar-refractivity contribution < 1.29 is 18.1 Å². The van der Waals surface area contributed by atoms with Gasteiger partial charge in [0.1, 0.15) is 0 Å². The van der Waals surface area contributed by atoms with Crippen LogP contribution in [0.1, 0.15) is 17.3 Å². The Hall–Kier alpha value is -1.72. The highest BCUT2D eigenvalue weighted by atomic mass is 19.2. The molecule has 0 aliphatic rings. The maximum atomic E-state index is 11.8. The molecule has 0 saturated carbocycles. The minimum atomic E-state index is -2.91. The van der Waals surface area contributed by atoms with E-state index in [9.17, 15) is 13.4 Å². The molecule has 0 atom stereocenters. The standard InChI is InChI=1S/C9H8BF2NO2/c1-7(15-10(11)12)6-9(14)8-2-4-13-5-3-8/h2-6H,1H3/b7-6-. The van der Waals surface area contributed by atoms with Crippen LogP contribution in [0.5, 0.6) is 0 Å². The zero-order chi connectivity index (χ0) is 11.3. The predicted molar refractivity (Wildman–Crippen MR) is 51.4 cm³/mol. The van der Waals surface area contributed by atoms with Crippen LogP contribution in [-0.4, -0.2) is 18.2 Å². The van der Waals surface area contributed by atoms with E-state index in [0.29, 0.717) is 5.56 Å². The molecule has 0 radical (unpaired) electrons. The number of hydrogen-bond donors (Lipinski definition) is 0. The molecule has 1 rings (SSSR count). The fourth-order valence-electron chi connectivity index (χ4n) is 0.959. The fourth-order valence-corrected chi connectivity index (χ4v) is 0.959. The molecule has 6 heteroatoms. The number of ketones is 1. The number of hydrogen-bond acceptors (Lipinski definition) is 3. The molecule has 0 fully saturated rings. The molecule has 1 heterocycles. The Bertz CT molecular complexity index is 368. The number of carbonyl (C=O) groups is 1. The topological polar surface area (TPSA) is 39.2 Å². The summed E-state index contributed by atoms with van der Waals surface area (Å²) in [6, 6.07) is 2.99. The first kappa shape index (κ1) is 11.4. The summed E-state index contributed by atoms with van der Waals surface area (Å²) in [6.07, 6.45) is 3.91. The lowest BCUT2D eigenvalue weighted by atomic mass is 10.1. The number of nitrogens with zero attached hydrogens (tertiary/aromatic N) is 1. The smallest absolute Gasteiger partial charge is 0.509 e. The summed E-state index contributed by atoms with van der Waals surface area (Å²) >= 11 is 0. The van der Waals surface area contributed by atoms with Crippen molar-refractivity contribution in [2.75, 3.05) is 0 Å². The summed E-state index contributed by atoms with van der Waals surface area (Å²) in [7, 11) is -2.91. The lowest BCUT2D eigenvalue weighted by Gasteiger charge is -2.01. The third-order valence-electron chi connectivity index (χ3n) is 1.57. The van der Waals surface area contributed by atoms with E-state index in [4.69, 9.17) is 0 Å². The van der Waals surface area contributed by atoms with Gasteiger partial charge in [-0.2, -0.15) is 0 Å². The van der Waals surface area contributed by atoms with Crippen LogP contribution < -0.4 is 0 Å². The molecule has 78 valence electrons. The van der Waals surface area contributed by atoms with Gasteiger partial charge in [-0.3, -0.25) is 9.78 Å². The molecule has 1 aromatic heterocycles. The molecule has 0 aliphatic carbocycles. The molecule has 0 bridgehead atoms. The zero-order valence-corrected chi connectivity index (χ0v) is 7.98. The van der Waals surface area contributed by atoms with Crippen LogP contribution in [0.15, 0.2) is 36.4 Å². The summed E-state index contributed by atoms with van der Waals surface area (Å²) in [5.41, 5.74) is 0.377. The zero-order valence-electron chi connectivity index (χ0n) is 7.98. The predicted octanol–water partition coefficient (Wildman–Crippen LogP) is 2.11. The van der Waals surface area contributed by atoms with Crippen LogP contribution in [0.4, 0.5) is 8.63 Å². The lowest BCUT2D eigenvalue weighted by molar-refractivity contribution is 0.104. The second-order valence-corrected chi connectivity index (χ2v) is 2.73. The van der Waals surface area contributed by atoms with Crippen LogP contribution >= 0.6 is 0 Å². The second-order valence-electron chi connectivity index (χ2n) is 2.73. The highest BCUT2D eigenvalue weighted by Crippen LogP contribution is 2.05. The van der Waals surface area contributed by atoms with Gasteiger partial charge in [-0.15, -0.1) is 0 Å². The Morgan fingerprint density at radius 2 is 2.07 bits per heavy atom. The van der Waals surface area contributed by atoms with Crippen molar-refractivity contribution in [1.29, 1.82) is 0 Å². The molecular formula is C9H8BF2NO2. The van der Waals surface area contributed by atoms with Gasteiger partial charge < -0.3 is 4.65 Å². The number of rotatable bonds is 4. The van der Waals surface area contributed by atoms with Crippen LogP contribution in [-0.2, 0) is 4.65 Å². The molecular weight excluding hydrogens is 203 g/mol. The third-order valence-corrected chi connectivity index (χ3v) is 1.57. The highest BCUT2D eigenvalue weighted by Gasteiger charge is 2.17. The van der Waals surface area contributed by atoms with Crippen molar-refractivity contribution in [2.45, 2.75) is 6.92 Å². The minimum absolute atomic E-state index is 0.119. The van der Waals surface area contributed by atoms with Gasteiger partial charge in [-0.25, -0.2) is 8.63 Å². The van der Waals surface area contributed by atoms with Crippen LogP contribution in [0, 0.1) is 0 Å². The van der Waals surface area contributed by atoms with E-state index in [1.807, 2.05) is 0 Å². The average Bonchev–Trinajstić information content (AvgIpc) is 2.17. The SMILES string of the molecule is C/C(=C/C(=O)c1ccncc1)OB(F)F. The highest BCUT2D eigenvalue weighted by molar-refractivity contribution is 6.34. The van der Waals surface area contributed by atoms with Crippen molar-refractivity contribution in [2.24, 2.45) is 0 Å². The van der Waals surface area contributed by atoms with E-state index in [0.717, 1.165) is 6.08 Å². The Labute approximate surface area is 86.0 Å². The first-order valence-corrected chi connectivity index (χ1v) is 4.17. The van der Waals surface area contributed by atoms with Gasteiger partial charge in [0, 0.05) is 24.0 Å². The van der Waals surface area contributed by atoms with Crippen molar-refractivity contribution in [3.05, 3.63) is 41.9 Å². The summed E-state index contributed by atoms with van der Waals surface area (Å²) in [5.74, 6) is -0.512. The van der Waals surface area contributed by atoms with E-state index in [1.54, 1.807) is 0 Å². The molecule has 0 aliphatic heterocycles. The van der Waals surface area contributed by atoms with Gasteiger partial charge >= 0.3 is 7.47 Å². The summed E-state index contributed by atoms with van der Waals surface area (Å²) in [6.45, 7) is 1.30.